The molecular weight excluding hydrogens is 232 g/mol. The van der Waals surface area contributed by atoms with Crippen LogP contribution in [0.25, 0.3) is 0 Å². The van der Waals surface area contributed by atoms with Gasteiger partial charge in [0.1, 0.15) is 0 Å². The zero-order valence-corrected chi connectivity index (χ0v) is 12.4. The first-order valence-electron chi connectivity index (χ1n) is 7.65. The van der Waals surface area contributed by atoms with Crippen LogP contribution in [0.3, 0.4) is 0 Å². The van der Waals surface area contributed by atoms with E-state index in [1.54, 1.807) is 0 Å². The van der Waals surface area contributed by atoms with Crippen LogP contribution in [0.5, 0.6) is 0 Å². The lowest BCUT2D eigenvalue weighted by Gasteiger charge is -2.44. The summed E-state index contributed by atoms with van der Waals surface area (Å²) in [5.74, 6) is 0. The summed E-state index contributed by atoms with van der Waals surface area (Å²) >= 11 is 0. The van der Waals surface area contributed by atoms with E-state index in [0.717, 1.165) is 12.8 Å². The van der Waals surface area contributed by atoms with Crippen molar-refractivity contribution in [3.05, 3.63) is 35.9 Å². The average Bonchev–Trinajstić information content (AvgIpc) is 2.46. The molecule has 1 unspecified atom stereocenters. The Balaban J connectivity index is 1.88. The first-order chi connectivity index (χ1) is 9.10. The maximum absolute atomic E-state index is 6.49. The fourth-order valence-electron chi connectivity index (χ4n) is 3.02. The molecule has 1 aromatic rings. The number of benzene rings is 1. The summed E-state index contributed by atoms with van der Waals surface area (Å²) in [6, 6.07) is 10.9. The van der Waals surface area contributed by atoms with E-state index < -0.39 is 0 Å². The number of nitrogens with zero attached hydrogens (tertiary/aromatic N) is 1. The number of hydrogen-bond donors (Lipinski definition) is 1. The maximum Gasteiger partial charge on any atom is 0.0304 e. The summed E-state index contributed by atoms with van der Waals surface area (Å²) in [5.41, 5.74) is 8.00. The molecule has 2 heteroatoms. The molecule has 1 aliphatic heterocycles. The summed E-state index contributed by atoms with van der Waals surface area (Å²) in [7, 11) is 0. The van der Waals surface area contributed by atoms with Crippen LogP contribution in [0.15, 0.2) is 30.3 Å². The van der Waals surface area contributed by atoms with Crippen molar-refractivity contribution < 1.29 is 0 Å². The lowest BCUT2D eigenvalue weighted by Crippen LogP contribution is -2.57. The molecule has 0 aliphatic carbocycles. The molecule has 1 aromatic carbocycles. The van der Waals surface area contributed by atoms with E-state index in [9.17, 15) is 0 Å². The fourth-order valence-corrected chi connectivity index (χ4v) is 3.02. The SMILES string of the molecule is CC(C)(C(N)CCc1ccccc1)N1CCCCC1. The zero-order valence-electron chi connectivity index (χ0n) is 12.4. The van der Waals surface area contributed by atoms with Gasteiger partial charge in [-0.1, -0.05) is 36.8 Å². The summed E-state index contributed by atoms with van der Waals surface area (Å²) in [5, 5.41) is 0. The largest absolute Gasteiger partial charge is 0.326 e. The Labute approximate surface area is 118 Å². The molecule has 1 heterocycles. The summed E-state index contributed by atoms with van der Waals surface area (Å²) in [6.45, 7) is 7.06. The van der Waals surface area contributed by atoms with Gasteiger partial charge in [-0.15, -0.1) is 0 Å². The Morgan fingerprint density at radius 3 is 2.37 bits per heavy atom. The van der Waals surface area contributed by atoms with Crippen molar-refractivity contribution in [2.45, 2.75) is 57.5 Å². The van der Waals surface area contributed by atoms with Crippen LogP contribution in [0, 0.1) is 0 Å². The van der Waals surface area contributed by atoms with Gasteiger partial charge in [0, 0.05) is 11.6 Å². The molecule has 0 saturated carbocycles. The van der Waals surface area contributed by atoms with Crippen molar-refractivity contribution in [1.29, 1.82) is 0 Å². The smallest absolute Gasteiger partial charge is 0.0304 e. The molecule has 2 N–H and O–H groups in total. The van der Waals surface area contributed by atoms with E-state index >= 15 is 0 Å². The molecule has 2 rings (SSSR count). The second-order valence-corrected chi connectivity index (χ2v) is 6.33. The second-order valence-electron chi connectivity index (χ2n) is 6.33. The van der Waals surface area contributed by atoms with Gasteiger partial charge >= 0.3 is 0 Å². The highest BCUT2D eigenvalue weighted by Crippen LogP contribution is 2.25. The third kappa shape index (κ3) is 3.80. The first-order valence-corrected chi connectivity index (χ1v) is 7.65. The Morgan fingerprint density at radius 1 is 1.11 bits per heavy atom. The molecule has 0 bridgehead atoms. The maximum atomic E-state index is 6.49. The minimum absolute atomic E-state index is 0.120. The molecule has 1 fully saturated rings. The Bertz CT molecular complexity index is 366. The average molecular weight is 260 g/mol. The first kappa shape index (κ1) is 14.5. The quantitative estimate of drug-likeness (QED) is 0.881. The molecule has 1 saturated heterocycles. The van der Waals surface area contributed by atoms with Gasteiger partial charge in [0.2, 0.25) is 0 Å². The van der Waals surface area contributed by atoms with Gasteiger partial charge in [-0.05, 0) is 58.2 Å². The summed E-state index contributed by atoms with van der Waals surface area (Å²) in [4.78, 5) is 2.59. The van der Waals surface area contributed by atoms with Crippen molar-refractivity contribution in [3.8, 4) is 0 Å². The highest BCUT2D eigenvalue weighted by molar-refractivity contribution is 5.15. The predicted octanol–water partition coefficient (Wildman–Crippen LogP) is 3.21. The van der Waals surface area contributed by atoms with Crippen molar-refractivity contribution in [2.75, 3.05) is 13.1 Å². The van der Waals surface area contributed by atoms with E-state index in [1.807, 2.05) is 0 Å². The molecule has 0 spiro atoms. The van der Waals surface area contributed by atoms with Crippen LogP contribution in [-0.4, -0.2) is 29.6 Å². The number of likely N-dealkylation sites (tertiary alicyclic amines) is 1. The van der Waals surface area contributed by atoms with Crippen LogP contribution in [0.4, 0.5) is 0 Å². The number of rotatable bonds is 5. The molecule has 1 atom stereocenters. The Hall–Kier alpha value is -0.860. The minimum atomic E-state index is 0.120. The standard InChI is InChI=1S/C17H28N2/c1-17(2,19-13-7-4-8-14-19)16(18)12-11-15-9-5-3-6-10-15/h3,5-6,9-10,16H,4,7-8,11-14,18H2,1-2H3. The van der Waals surface area contributed by atoms with Crippen LogP contribution < -0.4 is 5.73 Å². The van der Waals surface area contributed by atoms with Crippen LogP contribution in [0.2, 0.25) is 0 Å². The van der Waals surface area contributed by atoms with Gasteiger partial charge < -0.3 is 5.73 Å². The molecule has 0 amide bonds. The molecule has 1 aliphatic rings. The number of aryl methyl sites for hydroxylation is 1. The van der Waals surface area contributed by atoms with Gasteiger partial charge in [0.25, 0.3) is 0 Å². The monoisotopic (exact) mass is 260 g/mol. The van der Waals surface area contributed by atoms with E-state index in [4.69, 9.17) is 5.73 Å². The predicted molar refractivity (Wildman–Crippen MR) is 82.2 cm³/mol. The second kappa shape index (κ2) is 6.53. The highest BCUT2D eigenvalue weighted by atomic mass is 15.2. The third-order valence-electron chi connectivity index (χ3n) is 4.67. The highest BCUT2D eigenvalue weighted by Gasteiger charge is 2.33. The van der Waals surface area contributed by atoms with Crippen molar-refractivity contribution in [1.82, 2.24) is 4.90 Å². The molecular formula is C17H28N2. The van der Waals surface area contributed by atoms with Gasteiger partial charge in [-0.2, -0.15) is 0 Å². The molecule has 19 heavy (non-hydrogen) atoms. The van der Waals surface area contributed by atoms with Gasteiger partial charge in [0.15, 0.2) is 0 Å². The van der Waals surface area contributed by atoms with Crippen molar-refractivity contribution in [2.24, 2.45) is 5.73 Å². The fraction of sp³-hybridized carbons (Fsp3) is 0.647. The van der Waals surface area contributed by atoms with Gasteiger partial charge in [-0.25, -0.2) is 0 Å². The van der Waals surface area contributed by atoms with E-state index in [0.29, 0.717) is 0 Å². The minimum Gasteiger partial charge on any atom is -0.326 e. The number of nitrogens with two attached hydrogens (primary N) is 1. The zero-order chi connectivity index (χ0) is 13.7. The van der Waals surface area contributed by atoms with Gasteiger partial charge in [-0.3, -0.25) is 4.90 Å². The molecule has 0 aromatic heterocycles. The molecule has 0 radical (unpaired) electrons. The summed E-state index contributed by atoms with van der Waals surface area (Å²) in [6.07, 6.45) is 6.18. The lowest BCUT2D eigenvalue weighted by atomic mass is 9.87. The van der Waals surface area contributed by atoms with Gasteiger partial charge in [0.05, 0.1) is 0 Å². The number of piperidine rings is 1. The van der Waals surface area contributed by atoms with E-state index in [2.05, 4.69) is 49.1 Å². The number of hydrogen-bond acceptors (Lipinski definition) is 2. The molecule has 2 nitrogen and oxygen atoms in total. The van der Waals surface area contributed by atoms with Crippen LogP contribution in [0.1, 0.15) is 45.1 Å². The Morgan fingerprint density at radius 2 is 1.74 bits per heavy atom. The normalized spacial score (nSPS) is 19.3. The molecule has 106 valence electrons. The van der Waals surface area contributed by atoms with Crippen molar-refractivity contribution >= 4 is 0 Å². The lowest BCUT2D eigenvalue weighted by molar-refractivity contribution is 0.0707. The van der Waals surface area contributed by atoms with Crippen LogP contribution >= 0.6 is 0 Å². The van der Waals surface area contributed by atoms with E-state index in [-0.39, 0.29) is 11.6 Å². The Kier molecular flexibility index (Phi) is 5.00. The summed E-state index contributed by atoms with van der Waals surface area (Å²) < 4.78 is 0. The topological polar surface area (TPSA) is 29.3 Å². The van der Waals surface area contributed by atoms with Crippen molar-refractivity contribution in [3.63, 3.8) is 0 Å². The van der Waals surface area contributed by atoms with E-state index in [1.165, 1.54) is 37.9 Å². The van der Waals surface area contributed by atoms with Crippen LogP contribution in [-0.2, 0) is 6.42 Å². The third-order valence-corrected chi connectivity index (χ3v) is 4.67.